The summed E-state index contributed by atoms with van der Waals surface area (Å²) < 4.78 is 38.6. The molecule has 0 atom stereocenters. The molecule has 3 nitrogen and oxygen atoms in total. The number of nitrogens with zero attached hydrogens (tertiary/aromatic N) is 2. The Balaban J connectivity index is 1.50. The van der Waals surface area contributed by atoms with Crippen molar-refractivity contribution in [1.29, 1.82) is 0 Å². The number of hydrogen-bond donors (Lipinski definition) is 1. The van der Waals surface area contributed by atoms with Crippen LogP contribution in [-0.4, -0.2) is 28.0 Å². The van der Waals surface area contributed by atoms with Gasteiger partial charge in [-0.25, -0.2) is 4.98 Å². The van der Waals surface area contributed by atoms with Crippen LogP contribution in [0.25, 0.3) is 16.6 Å². The van der Waals surface area contributed by atoms with Gasteiger partial charge in [0.05, 0.1) is 16.6 Å². The molecule has 1 aliphatic rings. The minimum absolute atomic E-state index is 0.405. The molecule has 0 amide bonds. The molecule has 0 saturated heterocycles. The van der Waals surface area contributed by atoms with E-state index in [9.17, 15) is 13.2 Å². The zero-order chi connectivity index (χ0) is 19.0. The highest BCUT2D eigenvalue weighted by Gasteiger charge is 2.30. The molecular formula is C20H17ClF3N3. The predicted octanol–water partition coefficient (Wildman–Crippen LogP) is 5.52. The van der Waals surface area contributed by atoms with Crippen LogP contribution in [0.5, 0.6) is 0 Å². The highest BCUT2D eigenvalue weighted by Crippen LogP contribution is 2.32. The lowest BCUT2D eigenvalue weighted by Gasteiger charge is -2.25. The van der Waals surface area contributed by atoms with E-state index in [2.05, 4.69) is 20.9 Å². The predicted molar refractivity (Wildman–Crippen MR) is 100 cm³/mol. The summed E-state index contributed by atoms with van der Waals surface area (Å²) in [4.78, 5) is 9.78. The first-order valence-electron chi connectivity index (χ1n) is 8.62. The van der Waals surface area contributed by atoms with Gasteiger partial charge >= 0.3 is 6.18 Å². The number of rotatable bonds is 3. The molecule has 0 spiro atoms. The van der Waals surface area contributed by atoms with Crippen LogP contribution in [0.2, 0.25) is 5.02 Å². The lowest BCUT2D eigenvalue weighted by atomic mass is 10.1. The van der Waals surface area contributed by atoms with Gasteiger partial charge in [0.25, 0.3) is 0 Å². The molecule has 0 unspecified atom stereocenters. The van der Waals surface area contributed by atoms with E-state index < -0.39 is 11.7 Å². The van der Waals surface area contributed by atoms with Crippen molar-refractivity contribution in [3.63, 3.8) is 0 Å². The first-order chi connectivity index (χ1) is 12.9. The summed E-state index contributed by atoms with van der Waals surface area (Å²) in [6, 6.07) is 11.4. The van der Waals surface area contributed by atoms with Crippen molar-refractivity contribution >= 4 is 28.2 Å². The van der Waals surface area contributed by atoms with Gasteiger partial charge < -0.3 is 4.98 Å². The maximum Gasteiger partial charge on any atom is 0.416 e. The molecule has 1 aliphatic heterocycles. The Labute approximate surface area is 159 Å². The highest BCUT2D eigenvalue weighted by molar-refractivity contribution is 6.30. The normalized spacial score (nSPS) is 15.9. The van der Waals surface area contributed by atoms with Crippen molar-refractivity contribution in [2.75, 3.05) is 13.1 Å². The summed E-state index contributed by atoms with van der Waals surface area (Å²) in [5.74, 6) is 0.645. The number of alkyl halides is 3. The second-order valence-corrected chi connectivity index (χ2v) is 7.10. The molecule has 27 heavy (non-hydrogen) atoms. The van der Waals surface area contributed by atoms with Gasteiger partial charge in [-0.2, -0.15) is 13.2 Å². The molecule has 0 radical (unpaired) electrons. The monoisotopic (exact) mass is 391 g/mol. The van der Waals surface area contributed by atoms with Gasteiger partial charge in [-0.3, -0.25) is 4.90 Å². The van der Waals surface area contributed by atoms with Crippen LogP contribution in [0.15, 0.2) is 48.5 Å². The summed E-state index contributed by atoms with van der Waals surface area (Å²) in [6.07, 6.45) is -1.49. The SMILES string of the molecule is FC(F)(F)c1ccc2nc(C3=CCN(Cc4cccc(Cl)c4)CC3)[nH]c2c1. The molecule has 140 valence electrons. The van der Waals surface area contributed by atoms with Crippen molar-refractivity contribution in [3.8, 4) is 0 Å². The maximum atomic E-state index is 12.9. The Bertz CT molecular complexity index is 1010. The number of nitrogens with one attached hydrogen (secondary N) is 1. The van der Waals surface area contributed by atoms with Crippen molar-refractivity contribution in [3.05, 3.63) is 70.5 Å². The van der Waals surface area contributed by atoms with E-state index in [1.54, 1.807) is 0 Å². The van der Waals surface area contributed by atoms with E-state index >= 15 is 0 Å². The molecule has 0 aliphatic carbocycles. The molecule has 2 heterocycles. The van der Waals surface area contributed by atoms with Crippen LogP contribution < -0.4 is 0 Å². The lowest BCUT2D eigenvalue weighted by Crippen LogP contribution is -2.28. The topological polar surface area (TPSA) is 31.9 Å². The summed E-state index contributed by atoms with van der Waals surface area (Å²) in [6.45, 7) is 2.41. The first-order valence-corrected chi connectivity index (χ1v) is 8.99. The average molecular weight is 392 g/mol. The minimum atomic E-state index is -4.36. The van der Waals surface area contributed by atoms with Crippen molar-refractivity contribution in [1.82, 2.24) is 14.9 Å². The quantitative estimate of drug-likeness (QED) is 0.637. The van der Waals surface area contributed by atoms with Crippen LogP contribution in [0.1, 0.15) is 23.4 Å². The molecule has 0 saturated carbocycles. The van der Waals surface area contributed by atoms with Crippen LogP contribution >= 0.6 is 11.6 Å². The number of fused-ring (bicyclic) bond motifs is 1. The maximum absolute atomic E-state index is 12.9. The van der Waals surface area contributed by atoms with Crippen LogP contribution in [-0.2, 0) is 12.7 Å². The van der Waals surface area contributed by atoms with Crippen molar-refractivity contribution < 1.29 is 13.2 Å². The second-order valence-electron chi connectivity index (χ2n) is 6.66. The Morgan fingerprint density at radius 1 is 1.15 bits per heavy atom. The van der Waals surface area contributed by atoms with E-state index in [-0.39, 0.29) is 0 Å². The fourth-order valence-electron chi connectivity index (χ4n) is 3.30. The van der Waals surface area contributed by atoms with E-state index in [1.807, 2.05) is 24.3 Å². The van der Waals surface area contributed by atoms with E-state index in [4.69, 9.17) is 11.6 Å². The van der Waals surface area contributed by atoms with E-state index in [0.717, 1.165) is 54.3 Å². The molecule has 4 rings (SSSR count). The zero-order valence-electron chi connectivity index (χ0n) is 14.4. The summed E-state index contributed by atoms with van der Waals surface area (Å²) in [7, 11) is 0. The molecule has 7 heteroatoms. The number of imidazole rings is 1. The average Bonchev–Trinajstić information content (AvgIpc) is 3.05. The largest absolute Gasteiger partial charge is 0.416 e. The Hall–Kier alpha value is -2.31. The Kier molecular flexibility index (Phi) is 4.70. The third-order valence-electron chi connectivity index (χ3n) is 4.70. The summed E-state index contributed by atoms with van der Waals surface area (Å²) >= 11 is 6.03. The van der Waals surface area contributed by atoms with Gasteiger partial charge in [0.15, 0.2) is 0 Å². The standard InChI is InChI=1S/C20H17ClF3N3/c21-16-3-1-2-13(10-16)12-27-8-6-14(7-9-27)19-25-17-5-4-15(20(22,23)24)11-18(17)26-19/h1-6,10-11H,7-9,12H2,(H,25,26). The van der Waals surface area contributed by atoms with E-state index in [0.29, 0.717) is 16.9 Å². The van der Waals surface area contributed by atoms with Gasteiger partial charge in [-0.05, 0) is 47.9 Å². The molecule has 0 bridgehead atoms. The van der Waals surface area contributed by atoms with Crippen molar-refractivity contribution in [2.45, 2.75) is 19.1 Å². The van der Waals surface area contributed by atoms with Gasteiger partial charge in [0.2, 0.25) is 0 Å². The second kappa shape index (κ2) is 7.02. The van der Waals surface area contributed by atoms with Gasteiger partial charge in [0, 0.05) is 24.7 Å². The van der Waals surface area contributed by atoms with E-state index in [1.165, 1.54) is 6.07 Å². The zero-order valence-corrected chi connectivity index (χ0v) is 15.1. The fraction of sp³-hybridized carbons (Fsp3) is 0.250. The first kappa shape index (κ1) is 18.1. The third-order valence-corrected chi connectivity index (χ3v) is 4.94. The fourth-order valence-corrected chi connectivity index (χ4v) is 3.51. The summed E-state index contributed by atoms with van der Waals surface area (Å²) in [5.41, 5.74) is 2.46. The molecular weight excluding hydrogens is 375 g/mol. The number of hydrogen-bond acceptors (Lipinski definition) is 2. The summed E-state index contributed by atoms with van der Waals surface area (Å²) in [5, 5.41) is 0.723. The number of aromatic nitrogens is 2. The third kappa shape index (κ3) is 4.01. The Morgan fingerprint density at radius 2 is 2.00 bits per heavy atom. The van der Waals surface area contributed by atoms with Crippen LogP contribution in [0.3, 0.4) is 0 Å². The van der Waals surface area contributed by atoms with Gasteiger partial charge in [0.1, 0.15) is 5.82 Å². The number of aromatic amines is 1. The minimum Gasteiger partial charge on any atom is -0.338 e. The van der Waals surface area contributed by atoms with Gasteiger partial charge in [-0.15, -0.1) is 0 Å². The molecule has 3 aromatic rings. The van der Waals surface area contributed by atoms with Crippen molar-refractivity contribution in [2.24, 2.45) is 0 Å². The smallest absolute Gasteiger partial charge is 0.338 e. The Morgan fingerprint density at radius 3 is 2.70 bits per heavy atom. The molecule has 0 fully saturated rings. The molecule has 1 N–H and O–H groups in total. The lowest BCUT2D eigenvalue weighted by molar-refractivity contribution is -0.137. The molecule has 2 aromatic carbocycles. The van der Waals surface area contributed by atoms with Gasteiger partial charge in [-0.1, -0.05) is 29.8 Å². The van der Waals surface area contributed by atoms with Crippen LogP contribution in [0, 0.1) is 0 Å². The van der Waals surface area contributed by atoms with Crippen LogP contribution in [0.4, 0.5) is 13.2 Å². The number of benzene rings is 2. The highest BCUT2D eigenvalue weighted by atomic mass is 35.5. The number of H-pyrrole nitrogens is 1. The number of halogens is 4. The molecule has 1 aromatic heterocycles.